The number of aliphatic hydroxyl groups is 1. The van der Waals surface area contributed by atoms with Gasteiger partial charge in [0, 0.05) is 6.61 Å². The van der Waals surface area contributed by atoms with Crippen molar-refractivity contribution in [1.29, 1.82) is 0 Å². The molecule has 0 heterocycles. The molecule has 0 aliphatic rings. The molecule has 0 aromatic heterocycles. The predicted octanol–water partition coefficient (Wildman–Crippen LogP) is 3.34. The molecule has 3 heteroatoms. The van der Waals surface area contributed by atoms with Crippen LogP contribution < -0.4 is 0 Å². The van der Waals surface area contributed by atoms with E-state index in [1.807, 2.05) is 6.08 Å². The lowest BCUT2D eigenvalue weighted by Crippen LogP contribution is -2.41. The highest BCUT2D eigenvalue weighted by atomic mass is 28.4. The fourth-order valence-corrected chi connectivity index (χ4v) is 1.90. The zero-order valence-electron chi connectivity index (χ0n) is 11.1. The minimum atomic E-state index is -1.61. The Labute approximate surface area is 95.5 Å². The van der Waals surface area contributed by atoms with Gasteiger partial charge in [-0.1, -0.05) is 32.4 Å². The van der Waals surface area contributed by atoms with E-state index in [4.69, 9.17) is 9.53 Å². The van der Waals surface area contributed by atoms with Crippen LogP contribution in [-0.2, 0) is 4.43 Å². The summed E-state index contributed by atoms with van der Waals surface area (Å²) in [5.41, 5.74) is 1.22. The third-order valence-electron chi connectivity index (χ3n) is 3.09. The van der Waals surface area contributed by atoms with Gasteiger partial charge in [0.15, 0.2) is 8.32 Å². The summed E-state index contributed by atoms with van der Waals surface area (Å²) in [4.78, 5) is 0. The Morgan fingerprint density at radius 1 is 1.33 bits per heavy atom. The number of hydrogen-bond donors (Lipinski definition) is 1. The first-order valence-corrected chi connectivity index (χ1v) is 8.52. The highest BCUT2D eigenvalue weighted by Gasteiger charge is 2.36. The second kappa shape index (κ2) is 5.82. The molecule has 0 aromatic carbocycles. The summed E-state index contributed by atoms with van der Waals surface area (Å²) in [6.07, 6.45) is 2.78. The molecule has 0 fully saturated rings. The summed E-state index contributed by atoms with van der Waals surface area (Å²) in [6.45, 7) is 14.2. The maximum atomic E-state index is 8.70. The van der Waals surface area contributed by atoms with Gasteiger partial charge in [-0.05, 0) is 31.5 Å². The molecule has 0 amide bonds. The maximum absolute atomic E-state index is 8.70. The predicted molar refractivity (Wildman–Crippen MR) is 68.6 cm³/mol. The zero-order chi connectivity index (χ0) is 12.1. The SMILES string of the molecule is CC(=CCCO)CO[Si](C)(C)C(C)(C)C. The molecule has 15 heavy (non-hydrogen) atoms. The lowest BCUT2D eigenvalue weighted by Gasteiger charge is -2.36. The van der Waals surface area contributed by atoms with Crippen LogP contribution in [0.25, 0.3) is 0 Å². The van der Waals surface area contributed by atoms with Crippen molar-refractivity contribution in [2.45, 2.75) is 52.2 Å². The Hall–Kier alpha value is -0.123. The summed E-state index contributed by atoms with van der Waals surface area (Å²) in [7, 11) is -1.61. The lowest BCUT2D eigenvalue weighted by molar-refractivity contribution is 0.299. The van der Waals surface area contributed by atoms with Gasteiger partial charge in [0.1, 0.15) is 0 Å². The molecule has 0 bridgehead atoms. The molecular weight excluding hydrogens is 204 g/mol. The third-order valence-corrected chi connectivity index (χ3v) is 7.57. The van der Waals surface area contributed by atoms with Crippen molar-refractivity contribution in [2.75, 3.05) is 13.2 Å². The Morgan fingerprint density at radius 3 is 2.27 bits per heavy atom. The van der Waals surface area contributed by atoms with E-state index in [-0.39, 0.29) is 11.6 Å². The van der Waals surface area contributed by atoms with E-state index in [1.165, 1.54) is 5.57 Å². The molecule has 0 saturated carbocycles. The Morgan fingerprint density at radius 2 is 1.87 bits per heavy atom. The molecule has 0 radical (unpaired) electrons. The molecule has 2 nitrogen and oxygen atoms in total. The lowest BCUT2D eigenvalue weighted by atomic mass is 10.2. The van der Waals surface area contributed by atoms with Crippen molar-refractivity contribution in [2.24, 2.45) is 0 Å². The van der Waals surface area contributed by atoms with Crippen molar-refractivity contribution in [1.82, 2.24) is 0 Å². The average molecular weight is 230 g/mol. The molecule has 1 N–H and O–H groups in total. The van der Waals surface area contributed by atoms with E-state index < -0.39 is 8.32 Å². The van der Waals surface area contributed by atoms with Gasteiger partial charge < -0.3 is 9.53 Å². The standard InChI is InChI=1S/C12H26O2Si/c1-11(8-7-9-13)10-14-15(5,6)12(2,3)4/h8,13H,7,9-10H2,1-6H3. The van der Waals surface area contributed by atoms with Crippen molar-refractivity contribution in [3.05, 3.63) is 11.6 Å². The second-order valence-corrected chi connectivity index (χ2v) is 10.4. The molecule has 0 aliphatic heterocycles. The first-order chi connectivity index (χ1) is 6.70. The molecular formula is C12H26O2Si. The van der Waals surface area contributed by atoms with Gasteiger partial charge in [-0.3, -0.25) is 0 Å². The Bertz CT molecular complexity index is 214. The van der Waals surface area contributed by atoms with Crippen molar-refractivity contribution in [3.63, 3.8) is 0 Å². The van der Waals surface area contributed by atoms with Crippen LogP contribution in [0.4, 0.5) is 0 Å². The van der Waals surface area contributed by atoms with Gasteiger partial charge in [0.2, 0.25) is 0 Å². The molecule has 0 saturated heterocycles. The third kappa shape index (κ3) is 5.49. The zero-order valence-corrected chi connectivity index (χ0v) is 12.1. The van der Waals surface area contributed by atoms with Gasteiger partial charge in [-0.25, -0.2) is 0 Å². The summed E-state index contributed by atoms with van der Waals surface area (Å²) < 4.78 is 6.04. The second-order valence-electron chi connectivity index (χ2n) is 5.61. The summed E-state index contributed by atoms with van der Waals surface area (Å²) in [6, 6.07) is 0. The monoisotopic (exact) mass is 230 g/mol. The van der Waals surface area contributed by atoms with Crippen LogP contribution >= 0.6 is 0 Å². The van der Waals surface area contributed by atoms with Crippen LogP contribution in [0.5, 0.6) is 0 Å². The molecule has 0 aromatic rings. The Kier molecular flexibility index (Phi) is 5.78. The molecule has 0 unspecified atom stereocenters. The van der Waals surface area contributed by atoms with Crippen molar-refractivity contribution in [3.8, 4) is 0 Å². The van der Waals surface area contributed by atoms with E-state index in [0.29, 0.717) is 6.61 Å². The molecule has 0 atom stereocenters. The topological polar surface area (TPSA) is 29.5 Å². The highest BCUT2D eigenvalue weighted by molar-refractivity contribution is 6.74. The normalized spacial score (nSPS) is 14.5. The minimum absolute atomic E-state index is 0.220. The van der Waals surface area contributed by atoms with E-state index >= 15 is 0 Å². The molecule has 0 spiro atoms. The number of hydrogen-bond acceptors (Lipinski definition) is 2. The van der Waals surface area contributed by atoms with Crippen molar-refractivity contribution < 1.29 is 9.53 Å². The van der Waals surface area contributed by atoms with E-state index in [0.717, 1.165) is 6.42 Å². The smallest absolute Gasteiger partial charge is 0.192 e. The van der Waals surface area contributed by atoms with Crippen molar-refractivity contribution >= 4 is 8.32 Å². The largest absolute Gasteiger partial charge is 0.413 e. The molecule has 0 aliphatic carbocycles. The van der Waals surface area contributed by atoms with Gasteiger partial charge in [-0.2, -0.15) is 0 Å². The van der Waals surface area contributed by atoms with Crippen LogP contribution in [0.3, 0.4) is 0 Å². The van der Waals surface area contributed by atoms with Crippen LogP contribution in [0.15, 0.2) is 11.6 Å². The van der Waals surface area contributed by atoms with E-state index in [9.17, 15) is 0 Å². The molecule has 0 rings (SSSR count). The van der Waals surface area contributed by atoms with Gasteiger partial charge in [0.05, 0.1) is 6.61 Å². The van der Waals surface area contributed by atoms with Crippen LogP contribution in [0, 0.1) is 0 Å². The van der Waals surface area contributed by atoms with Crippen LogP contribution in [0.2, 0.25) is 18.1 Å². The quantitative estimate of drug-likeness (QED) is 0.580. The van der Waals surface area contributed by atoms with Crippen LogP contribution in [-0.4, -0.2) is 26.6 Å². The van der Waals surface area contributed by atoms with E-state index in [1.54, 1.807) is 0 Å². The summed E-state index contributed by atoms with van der Waals surface area (Å²) in [5, 5.41) is 8.96. The molecule has 90 valence electrons. The first-order valence-electron chi connectivity index (χ1n) is 5.61. The minimum Gasteiger partial charge on any atom is -0.413 e. The highest BCUT2D eigenvalue weighted by Crippen LogP contribution is 2.36. The van der Waals surface area contributed by atoms with E-state index in [2.05, 4.69) is 40.8 Å². The Balaban J connectivity index is 4.15. The maximum Gasteiger partial charge on any atom is 0.192 e. The fourth-order valence-electron chi connectivity index (χ4n) is 0.881. The summed E-state index contributed by atoms with van der Waals surface area (Å²) >= 11 is 0. The van der Waals surface area contributed by atoms with Crippen LogP contribution in [0.1, 0.15) is 34.1 Å². The number of aliphatic hydroxyl groups excluding tert-OH is 1. The fraction of sp³-hybridized carbons (Fsp3) is 0.833. The van der Waals surface area contributed by atoms with Gasteiger partial charge in [-0.15, -0.1) is 0 Å². The summed E-state index contributed by atoms with van der Waals surface area (Å²) in [5.74, 6) is 0. The number of rotatable bonds is 5. The average Bonchev–Trinajstić information content (AvgIpc) is 2.09. The van der Waals surface area contributed by atoms with Gasteiger partial charge in [0.25, 0.3) is 0 Å². The van der Waals surface area contributed by atoms with Gasteiger partial charge >= 0.3 is 0 Å². The first kappa shape index (κ1) is 14.9.